The fraction of sp³-hybridized carbons (Fsp3) is 0.391. The summed E-state index contributed by atoms with van der Waals surface area (Å²) < 4.78 is 37.0. The van der Waals surface area contributed by atoms with E-state index >= 15 is 0 Å². The lowest BCUT2D eigenvalue weighted by atomic mass is 10.0. The molecule has 0 radical (unpaired) electrons. The number of nitrogens with zero attached hydrogens (tertiary/aromatic N) is 6. The van der Waals surface area contributed by atoms with Crippen molar-refractivity contribution in [3.63, 3.8) is 0 Å². The zero-order valence-electron chi connectivity index (χ0n) is 18.9. The van der Waals surface area contributed by atoms with Crippen molar-refractivity contribution in [2.75, 3.05) is 19.7 Å². The van der Waals surface area contributed by atoms with Crippen LogP contribution in [0, 0.1) is 18.6 Å². The van der Waals surface area contributed by atoms with Crippen molar-refractivity contribution in [2.45, 2.75) is 38.3 Å². The highest BCUT2D eigenvalue weighted by Gasteiger charge is 2.28. The Bertz CT molecular complexity index is 1310. The van der Waals surface area contributed by atoms with Crippen LogP contribution in [0.5, 0.6) is 5.75 Å². The van der Waals surface area contributed by atoms with Gasteiger partial charge in [-0.05, 0) is 58.0 Å². The minimum atomic E-state index is -1.54. The lowest BCUT2D eigenvalue weighted by Crippen LogP contribution is -2.30. The molecule has 1 aliphatic rings. The molecular formula is C23H25F2N7O2. The first-order valence-electron chi connectivity index (χ1n) is 11.1. The molecule has 1 saturated heterocycles. The molecule has 2 N–H and O–H groups in total. The predicted molar refractivity (Wildman–Crippen MR) is 119 cm³/mol. The summed E-state index contributed by atoms with van der Waals surface area (Å²) >= 11 is 0. The zero-order chi connectivity index (χ0) is 23.9. The third-order valence-corrected chi connectivity index (χ3v) is 6.18. The number of hydrogen-bond acceptors (Lipinski definition) is 7. The van der Waals surface area contributed by atoms with Crippen LogP contribution >= 0.6 is 0 Å². The summed E-state index contributed by atoms with van der Waals surface area (Å²) in [5, 5.41) is 27.0. The highest BCUT2D eigenvalue weighted by atomic mass is 19.1. The SMILES string of the molecule is Cc1c(-c2cc(OCC(C)(O)c3ccc(F)cn3)c3c(F)cnn3c2)nnn1C1CCNCC1. The van der Waals surface area contributed by atoms with Crippen molar-refractivity contribution in [3.8, 4) is 17.0 Å². The number of rotatable bonds is 6. The lowest BCUT2D eigenvalue weighted by Gasteiger charge is -2.23. The van der Waals surface area contributed by atoms with E-state index in [1.54, 1.807) is 12.3 Å². The Morgan fingerprint density at radius 1 is 1.24 bits per heavy atom. The number of nitrogens with one attached hydrogen (secondary N) is 1. The Morgan fingerprint density at radius 2 is 2.03 bits per heavy atom. The van der Waals surface area contributed by atoms with Gasteiger partial charge in [0.15, 0.2) is 5.82 Å². The Kier molecular flexibility index (Phi) is 5.74. The van der Waals surface area contributed by atoms with Gasteiger partial charge in [-0.2, -0.15) is 5.10 Å². The molecule has 178 valence electrons. The van der Waals surface area contributed by atoms with E-state index in [-0.39, 0.29) is 29.6 Å². The van der Waals surface area contributed by atoms with Gasteiger partial charge in [0.1, 0.15) is 35.0 Å². The van der Waals surface area contributed by atoms with Crippen LogP contribution in [0.25, 0.3) is 16.8 Å². The first-order valence-corrected chi connectivity index (χ1v) is 11.1. The van der Waals surface area contributed by atoms with Crippen LogP contribution in [0.4, 0.5) is 8.78 Å². The van der Waals surface area contributed by atoms with Gasteiger partial charge in [-0.3, -0.25) is 4.98 Å². The number of hydrogen-bond donors (Lipinski definition) is 2. The van der Waals surface area contributed by atoms with Gasteiger partial charge in [-0.15, -0.1) is 5.10 Å². The van der Waals surface area contributed by atoms with E-state index in [0.29, 0.717) is 11.3 Å². The third kappa shape index (κ3) is 4.12. The largest absolute Gasteiger partial charge is 0.488 e. The monoisotopic (exact) mass is 469 g/mol. The minimum Gasteiger partial charge on any atom is -0.488 e. The van der Waals surface area contributed by atoms with Crippen molar-refractivity contribution in [3.05, 3.63) is 59.8 Å². The summed E-state index contributed by atoms with van der Waals surface area (Å²) in [7, 11) is 0. The first kappa shape index (κ1) is 22.4. The summed E-state index contributed by atoms with van der Waals surface area (Å²) in [6.07, 6.45) is 5.73. The Hall–Kier alpha value is -3.44. The molecule has 1 fully saturated rings. The molecular weight excluding hydrogens is 444 g/mol. The van der Waals surface area contributed by atoms with E-state index in [9.17, 15) is 13.9 Å². The molecule has 4 aromatic rings. The van der Waals surface area contributed by atoms with Gasteiger partial charge in [-0.25, -0.2) is 18.0 Å². The number of piperidine rings is 1. The number of halogens is 2. The van der Waals surface area contributed by atoms with Crippen LogP contribution in [0.15, 0.2) is 36.8 Å². The van der Waals surface area contributed by atoms with Gasteiger partial charge in [-0.1, -0.05) is 5.21 Å². The van der Waals surface area contributed by atoms with Crippen molar-refractivity contribution in [2.24, 2.45) is 0 Å². The number of pyridine rings is 2. The maximum atomic E-state index is 14.5. The van der Waals surface area contributed by atoms with Crippen molar-refractivity contribution in [1.82, 2.24) is 34.9 Å². The van der Waals surface area contributed by atoms with Gasteiger partial charge in [0.05, 0.1) is 29.8 Å². The molecule has 0 aromatic carbocycles. The van der Waals surface area contributed by atoms with E-state index in [1.807, 2.05) is 11.6 Å². The molecule has 11 heteroatoms. The van der Waals surface area contributed by atoms with Crippen LogP contribution < -0.4 is 10.1 Å². The van der Waals surface area contributed by atoms with Crippen LogP contribution in [0.3, 0.4) is 0 Å². The van der Waals surface area contributed by atoms with Crippen LogP contribution in [0.2, 0.25) is 0 Å². The molecule has 4 aromatic heterocycles. The second-order valence-corrected chi connectivity index (χ2v) is 8.75. The second kappa shape index (κ2) is 8.73. The van der Waals surface area contributed by atoms with Gasteiger partial charge >= 0.3 is 0 Å². The smallest absolute Gasteiger partial charge is 0.172 e. The molecule has 0 aliphatic carbocycles. The average Bonchev–Trinajstić information content (AvgIpc) is 3.41. The standard InChI is InChI=1S/C23H25F2N7O2/c1-14-21(29-30-32(14)17-5-7-26-8-6-17)15-9-19(22-18(25)11-28-31(22)12-15)34-13-23(2,33)20-4-3-16(24)10-27-20/h3-4,9-12,17,26,33H,5-8,13H2,1-2H3. The van der Waals surface area contributed by atoms with Crippen LogP contribution in [-0.2, 0) is 5.60 Å². The number of aromatic nitrogens is 6. The number of ether oxygens (including phenoxy) is 1. The minimum absolute atomic E-state index is 0.134. The Morgan fingerprint density at radius 3 is 2.76 bits per heavy atom. The molecule has 34 heavy (non-hydrogen) atoms. The topological polar surface area (TPSA) is 102 Å². The molecule has 5 heterocycles. The van der Waals surface area contributed by atoms with Crippen molar-refractivity contribution in [1.29, 1.82) is 0 Å². The van der Waals surface area contributed by atoms with E-state index in [0.717, 1.165) is 44.0 Å². The lowest BCUT2D eigenvalue weighted by molar-refractivity contribution is 0.00415. The van der Waals surface area contributed by atoms with Crippen LogP contribution in [-0.4, -0.2) is 54.4 Å². The molecule has 1 aliphatic heterocycles. The van der Waals surface area contributed by atoms with Crippen LogP contribution in [0.1, 0.15) is 37.2 Å². The van der Waals surface area contributed by atoms with E-state index in [4.69, 9.17) is 4.74 Å². The summed E-state index contributed by atoms with van der Waals surface area (Å²) in [4.78, 5) is 3.93. The quantitative estimate of drug-likeness (QED) is 0.448. The highest BCUT2D eigenvalue weighted by molar-refractivity contribution is 5.70. The molecule has 0 saturated carbocycles. The molecule has 5 rings (SSSR count). The summed E-state index contributed by atoms with van der Waals surface area (Å²) in [6, 6.07) is 4.52. The molecule has 0 bridgehead atoms. The number of aliphatic hydroxyl groups is 1. The normalized spacial score (nSPS) is 16.6. The molecule has 0 spiro atoms. The van der Waals surface area contributed by atoms with Gasteiger partial charge in [0.2, 0.25) is 0 Å². The highest BCUT2D eigenvalue weighted by Crippen LogP contribution is 2.32. The maximum absolute atomic E-state index is 14.5. The average molecular weight is 469 g/mol. The predicted octanol–water partition coefficient (Wildman–Crippen LogP) is 2.79. The summed E-state index contributed by atoms with van der Waals surface area (Å²) in [6.45, 7) is 5.07. The fourth-order valence-electron chi connectivity index (χ4n) is 4.28. The van der Waals surface area contributed by atoms with Gasteiger partial charge in [0.25, 0.3) is 0 Å². The summed E-state index contributed by atoms with van der Waals surface area (Å²) in [5.41, 5.74) is 1.03. The third-order valence-electron chi connectivity index (χ3n) is 6.18. The van der Waals surface area contributed by atoms with E-state index in [1.165, 1.54) is 23.6 Å². The van der Waals surface area contributed by atoms with Gasteiger partial charge in [0, 0.05) is 11.8 Å². The zero-order valence-corrected chi connectivity index (χ0v) is 18.9. The molecule has 1 atom stereocenters. The molecule has 9 nitrogen and oxygen atoms in total. The van der Waals surface area contributed by atoms with Crippen molar-refractivity contribution < 1.29 is 18.6 Å². The Labute approximate surface area is 194 Å². The molecule has 1 unspecified atom stereocenters. The van der Waals surface area contributed by atoms with E-state index in [2.05, 4.69) is 25.7 Å². The Balaban J connectivity index is 1.48. The number of fused-ring (bicyclic) bond motifs is 1. The summed E-state index contributed by atoms with van der Waals surface area (Å²) in [5.74, 6) is -0.883. The fourth-order valence-corrected chi connectivity index (χ4v) is 4.28. The van der Waals surface area contributed by atoms with Crippen molar-refractivity contribution >= 4 is 5.52 Å². The van der Waals surface area contributed by atoms with E-state index < -0.39 is 17.2 Å². The second-order valence-electron chi connectivity index (χ2n) is 8.75. The molecule has 0 amide bonds. The first-order chi connectivity index (χ1) is 16.3. The maximum Gasteiger partial charge on any atom is 0.172 e. The van der Waals surface area contributed by atoms with Gasteiger partial charge < -0.3 is 15.2 Å².